The van der Waals surface area contributed by atoms with Crippen LogP contribution in [0.1, 0.15) is 35.3 Å². The fourth-order valence-electron chi connectivity index (χ4n) is 3.91. The van der Waals surface area contributed by atoms with Gasteiger partial charge in [0.15, 0.2) is 0 Å². The Labute approximate surface area is 191 Å². The average Bonchev–Trinajstić information content (AvgIpc) is 3.21. The summed E-state index contributed by atoms with van der Waals surface area (Å²) in [6.45, 7) is 1.96. The molecule has 0 saturated carbocycles. The van der Waals surface area contributed by atoms with Crippen molar-refractivity contribution >= 4 is 29.1 Å². The number of rotatable bonds is 6. The molecule has 7 heteroatoms. The third-order valence-corrected chi connectivity index (χ3v) is 5.72. The molecule has 2 atom stereocenters. The van der Waals surface area contributed by atoms with E-state index in [1.807, 2.05) is 37.3 Å². The van der Waals surface area contributed by atoms with Crippen LogP contribution in [0, 0.1) is 11.7 Å². The Morgan fingerprint density at radius 1 is 0.970 bits per heavy atom. The number of carbonyl (C=O) groups is 3. The Hall–Kier alpha value is -4.00. The zero-order chi connectivity index (χ0) is 23.4. The number of halogens is 1. The summed E-state index contributed by atoms with van der Waals surface area (Å²) >= 11 is 0. The van der Waals surface area contributed by atoms with Gasteiger partial charge in [0.05, 0.1) is 28.9 Å². The molecule has 0 bridgehead atoms. The van der Waals surface area contributed by atoms with Crippen LogP contribution in [0.3, 0.4) is 0 Å². The van der Waals surface area contributed by atoms with Gasteiger partial charge in [-0.25, -0.2) is 4.39 Å². The van der Waals surface area contributed by atoms with Gasteiger partial charge in [-0.2, -0.15) is 0 Å². The molecule has 0 radical (unpaired) electrons. The zero-order valence-electron chi connectivity index (χ0n) is 18.1. The van der Waals surface area contributed by atoms with Crippen molar-refractivity contribution in [2.24, 2.45) is 5.92 Å². The van der Waals surface area contributed by atoms with Crippen molar-refractivity contribution in [1.29, 1.82) is 0 Å². The van der Waals surface area contributed by atoms with Gasteiger partial charge in [0, 0.05) is 13.0 Å². The number of benzene rings is 3. The van der Waals surface area contributed by atoms with Gasteiger partial charge in [-0.3, -0.25) is 14.4 Å². The average molecular weight is 445 g/mol. The molecule has 33 heavy (non-hydrogen) atoms. The van der Waals surface area contributed by atoms with E-state index in [1.54, 1.807) is 36.4 Å². The van der Waals surface area contributed by atoms with Gasteiger partial charge in [0.25, 0.3) is 5.91 Å². The lowest BCUT2D eigenvalue weighted by Gasteiger charge is -2.18. The fraction of sp³-hybridized carbons (Fsp3) is 0.192. The minimum absolute atomic E-state index is 0.0282. The van der Waals surface area contributed by atoms with Crippen LogP contribution in [0.15, 0.2) is 78.9 Å². The number of hydrogen-bond acceptors (Lipinski definition) is 3. The molecule has 6 nitrogen and oxygen atoms in total. The van der Waals surface area contributed by atoms with Crippen LogP contribution in [-0.2, 0) is 9.59 Å². The van der Waals surface area contributed by atoms with E-state index in [4.69, 9.17) is 0 Å². The van der Waals surface area contributed by atoms with Crippen LogP contribution in [0.4, 0.5) is 15.8 Å². The molecule has 1 aliphatic heterocycles. The van der Waals surface area contributed by atoms with Gasteiger partial charge >= 0.3 is 0 Å². The van der Waals surface area contributed by atoms with E-state index >= 15 is 0 Å². The molecular weight excluding hydrogens is 421 g/mol. The SMILES string of the molecule is CC(NC(=O)c1ccccc1NC(=O)C1CC(=O)N(c2ccccc2F)C1)c1ccccc1. The second-order valence-corrected chi connectivity index (χ2v) is 8.00. The van der Waals surface area contributed by atoms with Crippen molar-refractivity contribution < 1.29 is 18.8 Å². The normalized spacial score (nSPS) is 16.4. The van der Waals surface area contributed by atoms with E-state index in [9.17, 15) is 18.8 Å². The van der Waals surface area contributed by atoms with Gasteiger partial charge in [-0.1, -0.05) is 54.6 Å². The van der Waals surface area contributed by atoms with Crippen molar-refractivity contribution in [3.05, 3.63) is 95.8 Å². The van der Waals surface area contributed by atoms with Crippen molar-refractivity contribution in [3.63, 3.8) is 0 Å². The topological polar surface area (TPSA) is 78.5 Å². The molecule has 2 unspecified atom stereocenters. The fourth-order valence-corrected chi connectivity index (χ4v) is 3.91. The maximum Gasteiger partial charge on any atom is 0.253 e. The first-order valence-corrected chi connectivity index (χ1v) is 10.7. The van der Waals surface area contributed by atoms with Crippen LogP contribution < -0.4 is 15.5 Å². The summed E-state index contributed by atoms with van der Waals surface area (Å²) in [5, 5.41) is 5.72. The largest absolute Gasteiger partial charge is 0.345 e. The van der Waals surface area contributed by atoms with Crippen LogP contribution in [0.5, 0.6) is 0 Å². The second kappa shape index (κ2) is 9.65. The quantitative estimate of drug-likeness (QED) is 0.594. The Morgan fingerprint density at radius 3 is 2.39 bits per heavy atom. The van der Waals surface area contributed by atoms with Crippen molar-refractivity contribution in [1.82, 2.24) is 5.32 Å². The number of carbonyl (C=O) groups excluding carboxylic acids is 3. The third-order valence-electron chi connectivity index (χ3n) is 5.72. The molecule has 3 amide bonds. The van der Waals surface area contributed by atoms with E-state index in [-0.39, 0.29) is 36.5 Å². The highest BCUT2D eigenvalue weighted by molar-refractivity contribution is 6.07. The number of hydrogen-bond donors (Lipinski definition) is 2. The number of anilines is 2. The summed E-state index contributed by atoms with van der Waals surface area (Å²) in [7, 11) is 0. The highest BCUT2D eigenvalue weighted by Crippen LogP contribution is 2.28. The van der Waals surface area contributed by atoms with Gasteiger partial charge in [-0.05, 0) is 36.8 Å². The first kappa shape index (κ1) is 22.2. The molecular formula is C26H24FN3O3. The monoisotopic (exact) mass is 445 g/mol. The molecule has 0 aromatic heterocycles. The third kappa shape index (κ3) is 4.92. The van der Waals surface area contributed by atoms with E-state index in [1.165, 1.54) is 17.0 Å². The summed E-state index contributed by atoms with van der Waals surface area (Å²) in [5.41, 5.74) is 1.80. The van der Waals surface area contributed by atoms with Crippen LogP contribution in [-0.4, -0.2) is 24.3 Å². The molecule has 2 N–H and O–H groups in total. The summed E-state index contributed by atoms with van der Waals surface area (Å²) in [4.78, 5) is 39.6. The lowest BCUT2D eigenvalue weighted by molar-refractivity contribution is -0.122. The molecule has 3 aromatic carbocycles. The first-order valence-electron chi connectivity index (χ1n) is 10.7. The molecule has 168 valence electrons. The minimum atomic E-state index is -0.656. The number of para-hydroxylation sites is 2. The van der Waals surface area contributed by atoms with Gasteiger partial charge in [-0.15, -0.1) is 0 Å². The number of nitrogens with zero attached hydrogens (tertiary/aromatic N) is 1. The Bertz CT molecular complexity index is 1180. The molecule has 1 fully saturated rings. The van der Waals surface area contributed by atoms with E-state index in [2.05, 4.69) is 10.6 Å². The van der Waals surface area contributed by atoms with Gasteiger partial charge in [0.1, 0.15) is 5.82 Å². The van der Waals surface area contributed by atoms with Crippen molar-refractivity contribution in [2.45, 2.75) is 19.4 Å². The zero-order valence-corrected chi connectivity index (χ0v) is 18.1. The summed E-state index contributed by atoms with van der Waals surface area (Å²) in [6, 6.07) is 22.0. The maximum atomic E-state index is 14.1. The first-order chi connectivity index (χ1) is 15.9. The molecule has 0 spiro atoms. The lowest BCUT2D eigenvalue weighted by Crippen LogP contribution is -2.30. The van der Waals surface area contributed by atoms with Crippen LogP contribution in [0.25, 0.3) is 0 Å². The van der Waals surface area contributed by atoms with Crippen LogP contribution in [0.2, 0.25) is 0 Å². The summed E-state index contributed by atoms with van der Waals surface area (Å²) in [5.74, 6) is -2.20. The number of nitrogens with one attached hydrogen (secondary N) is 2. The van der Waals surface area contributed by atoms with E-state index < -0.39 is 17.6 Å². The smallest absolute Gasteiger partial charge is 0.253 e. The summed E-state index contributed by atoms with van der Waals surface area (Å²) < 4.78 is 14.1. The highest BCUT2D eigenvalue weighted by atomic mass is 19.1. The van der Waals surface area contributed by atoms with Crippen LogP contribution >= 0.6 is 0 Å². The highest BCUT2D eigenvalue weighted by Gasteiger charge is 2.36. The molecule has 4 rings (SSSR count). The summed E-state index contributed by atoms with van der Waals surface area (Å²) in [6.07, 6.45) is -0.0282. The lowest BCUT2D eigenvalue weighted by atomic mass is 10.1. The molecule has 1 heterocycles. The van der Waals surface area contributed by atoms with Gasteiger partial charge < -0.3 is 15.5 Å². The maximum absolute atomic E-state index is 14.1. The molecule has 1 saturated heterocycles. The van der Waals surface area contributed by atoms with Crippen molar-refractivity contribution in [3.8, 4) is 0 Å². The molecule has 1 aliphatic rings. The van der Waals surface area contributed by atoms with Crippen molar-refractivity contribution in [2.75, 3.05) is 16.8 Å². The molecule has 3 aromatic rings. The molecule has 0 aliphatic carbocycles. The standard InChI is InChI=1S/C26H24FN3O3/c1-17(18-9-3-2-4-10-18)28-26(33)20-11-5-7-13-22(20)29-25(32)19-15-24(31)30(16-19)23-14-8-6-12-21(23)27/h2-14,17,19H,15-16H2,1H3,(H,28,33)(H,29,32). The number of amides is 3. The predicted molar refractivity (Wildman–Crippen MR) is 124 cm³/mol. The predicted octanol–water partition coefficient (Wildman–Crippen LogP) is 4.31. The Morgan fingerprint density at radius 2 is 1.64 bits per heavy atom. The van der Waals surface area contributed by atoms with E-state index in [0.717, 1.165) is 5.56 Å². The van der Waals surface area contributed by atoms with E-state index in [0.29, 0.717) is 11.3 Å². The minimum Gasteiger partial charge on any atom is -0.345 e. The van der Waals surface area contributed by atoms with Gasteiger partial charge in [0.2, 0.25) is 11.8 Å². The Balaban J connectivity index is 1.45. The Kier molecular flexibility index (Phi) is 6.49. The second-order valence-electron chi connectivity index (χ2n) is 8.00.